The van der Waals surface area contributed by atoms with Gasteiger partial charge in [-0.2, -0.15) is 0 Å². The predicted molar refractivity (Wildman–Crippen MR) is 532 cm³/mol. The Hall–Kier alpha value is -7.01. The van der Waals surface area contributed by atoms with E-state index < -0.39 is 23.1 Å². The number of nitrogens with zero attached hydrogens (tertiary/aromatic N) is 4. The molecule has 14 N–H and O–H groups in total. The van der Waals surface area contributed by atoms with Crippen LogP contribution in [0.25, 0.3) is 11.4 Å². The van der Waals surface area contributed by atoms with E-state index in [1.54, 1.807) is 5.57 Å². The fraction of sp³-hybridized carbons (Fsp3) is 0.692. The molecule has 135 heavy (non-hydrogen) atoms. The van der Waals surface area contributed by atoms with Gasteiger partial charge in [-0.05, 0) is 228 Å². The topological polar surface area (TPSA) is 341 Å². The molecule has 5 fully saturated rings. The van der Waals surface area contributed by atoms with Crippen LogP contribution in [0.1, 0.15) is 281 Å². The number of fused-ring (bicyclic) bond motifs is 8. The van der Waals surface area contributed by atoms with Gasteiger partial charge in [0.2, 0.25) is 0 Å². The van der Waals surface area contributed by atoms with Gasteiger partial charge < -0.3 is 124 Å². The third-order valence-corrected chi connectivity index (χ3v) is 30.3. The molecule has 0 saturated carbocycles. The van der Waals surface area contributed by atoms with Crippen molar-refractivity contribution < 1.29 is 67.9 Å². The van der Waals surface area contributed by atoms with Crippen LogP contribution in [0.4, 0.5) is 0 Å². The van der Waals surface area contributed by atoms with Crippen LogP contribution < -0.4 is 16.0 Å². The van der Waals surface area contributed by atoms with E-state index in [4.69, 9.17) is 47.7 Å². The first kappa shape index (κ1) is 104. The molecule has 4 unspecified atom stereocenters. The van der Waals surface area contributed by atoms with Gasteiger partial charge in [-0.25, -0.2) is 0 Å². The summed E-state index contributed by atoms with van der Waals surface area (Å²) in [6, 6.07) is 0. The quantitative estimate of drug-likeness (QED) is 0.0168. The van der Waals surface area contributed by atoms with Crippen molar-refractivity contribution in [2.75, 3.05) is 197 Å². The Bertz CT molecular complexity index is 4950. The Morgan fingerprint density at radius 1 is 0.415 bits per heavy atom. The lowest BCUT2D eigenvalue weighted by Gasteiger charge is -2.39. The lowest BCUT2D eigenvalue weighted by molar-refractivity contribution is -0.258. The number of Topliss-reactive ketones (excluding diaryl/α,β-unsaturated/α-hetero) is 1. The summed E-state index contributed by atoms with van der Waals surface area (Å²) in [7, 11) is 0. The number of hydrogen-bond donors (Lipinski definition) is 14. The van der Waals surface area contributed by atoms with E-state index in [-0.39, 0.29) is 12.5 Å². The number of aliphatic hydroxyl groups excluding tert-OH is 1. The molecular formula is C107H168N14O14. The molecule has 7 aliphatic carbocycles. The Balaban J connectivity index is 0.000000132. The number of aromatic amines is 7. The van der Waals surface area contributed by atoms with Crippen LogP contribution in [0.15, 0.2) is 11.6 Å². The molecule has 1 spiro atoms. The summed E-state index contributed by atoms with van der Waals surface area (Å²) in [5, 5.41) is 51.8. The highest BCUT2D eigenvalue weighted by atomic mass is 16.7. The summed E-state index contributed by atoms with van der Waals surface area (Å²) in [5.41, 5.74) is 39.2. The second-order valence-corrected chi connectivity index (χ2v) is 39.0. The van der Waals surface area contributed by atoms with Crippen molar-refractivity contribution in [2.24, 2.45) is 5.92 Å². The second kappa shape index (κ2) is 48.9. The van der Waals surface area contributed by atoms with Gasteiger partial charge in [-0.1, -0.05) is 54.5 Å². The number of carbonyl (C=O) groups is 1. The number of aromatic nitrogens is 7. The van der Waals surface area contributed by atoms with Crippen LogP contribution >= 0.6 is 0 Å². The smallest absolute Gasteiger partial charge is 0.196 e. The Morgan fingerprint density at radius 3 is 1.28 bits per heavy atom. The number of ketones is 1. The minimum atomic E-state index is -1.21. The predicted octanol–water partition coefficient (Wildman–Crippen LogP) is 13.0. The number of allylic oxidation sites excluding steroid dienone is 1. The van der Waals surface area contributed by atoms with Gasteiger partial charge >= 0.3 is 0 Å². The lowest BCUT2D eigenvalue weighted by Crippen LogP contribution is -2.43. The van der Waals surface area contributed by atoms with Crippen LogP contribution in [-0.2, 0) is 156 Å². The van der Waals surface area contributed by atoms with Gasteiger partial charge in [0.05, 0.1) is 92.5 Å². The average molecular weight is 1870 g/mol. The maximum absolute atomic E-state index is 12.8. The molecule has 0 aromatic carbocycles. The number of aryl methyl sites for hydroxylation is 14. The molecule has 4 atom stereocenters. The van der Waals surface area contributed by atoms with E-state index >= 15 is 0 Å². The molecule has 28 heteroatoms. The van der Waals surface area contributed by atoms with Crippen LogP contribution in [-0.4, -0.2) is 278 Å². The van der Waals surface area contributed by atoms with Crippen molar-refractivity contribution in [2.45, 2.75) is 281 Å². The molecule has 750 valence electrons. The largest absolute Gasteiger partial charge is 0.395 e. The summed E-state index contributed by atoms with van der Waals surface area (Å²) in [5.74, 6) is -3.56. The van der Waals surface area contributed by atoms with E-state index in [1.807, 2.05) is 0 Å². The van der Waals surface area contributed by atoms with Crippen molar-refractivity contribution in [1.29, 1.82) is 0 Å². The van der Waals surface area contributed by atoms with Gasteiger partial charge in [0.15, 0.2) is 28.9 Å². The summed E-state index contributed by atoms with van der Waals surface area (Å²) < 4.78 is 52.2. The first-order chi connectivity index (χ1) is 65.5. The highest BCUT2D eigenvalue weighted by molar-refractivity contribution is 6.01. The fourth-order valence-electron chi connectivity index (χ4n) is 23.8. The molecule has 12 heterocycles. The highest BCUT2D eigenvalue weighted by Crippen LogP contribution is 2.47. The van der Waals surface area contributed by atoms with Crippen LogP contribution in [0.5, 0.6) is 0 Å². The zero-order valence-electron chi connectivity index (χ0n) is 84.7. The van der Waals surface area contributed by atoms with Crippen LogP contribution in [0.3, 0.4) is 0 Å². The molecule has 0 amide bonds. The standard InChI is InChI=1S/C26H41N3O4.C20H31N3O2.C16H24N2O2.C15H26N2O3.C15H24N2O2.C15H22N2O/c1-5-19-17(3)28-21-9-7-11-25(30,23(19)21)32-15-13-27-14-16-33-26(31)12-8-10-22-24(26)20(6-2)18(4)29-22;1-3-17-15(2)21-18-5-4-16(14-22-6-10-24-11-7-22)20(19(17)18)23-8-12-25-13-9-23;1-3-13-11(2)15-14(17-13)5-4-12(16(15)19)10-18-6-8-20-9-7-18;1-3-12-11(2)17-13-5-4-6-15(19,14(12)13)20-10-8-16-7-9-18;1-3-12-11(2)17-13-5-4-6-15(14(12)13)18-9-7-16-8-10-19-15;1-3-12-11(2)16-13-5-4-6-14(15(12)13)17-7-9-18-10-8-17/h27-31H,5-16H2,1-4H3;21H,3-14H2,1-2H3;12,17H,3-10H2,1-2H3;16-19H,3-10H2,1-2H3;16-17H,3-10H2,1-2H3;6,16H,3-5,7-10H2,1-2H3. The molecule has 7 aromatic heterocycles. The molecule has 0 radical (unpaired) electrons. The fourth-order valence-corrected chi connectivity index (χ4v) is 23.8. The van der Waals surface area contributed by atoms with Crippen molar-refractivity contribution in [3.8, 4) is 0 Å². The zero-order valence-corrected chi connectivity index (χ0v) is 84.7. The normalized spacial score (nSPS) is 22.8. The highest BCUT2D eigenvalue weighted by Gasteiger charge is 2.46. The van der Waals surface area contributed by atoms with Crippen molar-refractivity contribution in [3.05, 3.63) is 169 Å². The summed E-state index contributed by atoms with van der Waals surface area (Å²) in [6.45, 7) is 54.0. The van der Waals surface area contributed by atoms with E-state index in [1.165, 1.54) is 119 Å². The van der Waals surface area contributed by atoms with Crippen molar-refractivity contribution >= 4 is 17.2 Å². The molecule has 5 saturated heterocycles. The summed E-state index contributed by atoms with van der Waals surface area (Å²) in [6.07, 6.45) is 26.6. The van der Waals surface area contributed by atoms with Gasteiger partial charge in [0, 0.05) is 266 Å². The van der Waals surface area contributed by atoms with Gasteiger partial charge in [-0.15, -0.1) is 0 Å². The Kier molecular flexibility index (Phi) is 37.6. The minimum Gasteiger partial charge on any atom is -0.395 e. The van der Waals surface area contributed by atoms with Crippen molar-refractivity contribution in [3.63, 3.8) is 0 Å². The number of H-pyrrole nitrogens is 7. The number of aliphatic hydroxyl groups is 4. The lowest BCUT2D eigenvalue weighted by atomic mass is 9.84. The molecule has 12 aliphatic rings. The number of carbonyl (C=O) groups excluding carboxylic acids is 1. The van der Waals surface area contributed by atoms with Gasteiger partial charge in [0.1, 0.15) is 0 Å². The van der Waals surface area contributed by atoms with E-state index in [2.05, 4.69) is 173 Å². The van der Waals surface area contributed by atoms with Crippen molar-refractivity contribution in [1.82, 2.24) is 70.4 Å². The number of hydrogen-bond acceptors (Lipinski definition) is 21. The third-order valence-electron chi connectivity index (χ3n) is 30.3. The van der Waals surface area contributed by atoms with Gasteiger partial charge in [-0.3, -0.25) is 14.6 Å². The molecule has 7 aromatic rings. The second-order valence-electron chi connectivity index (χ2n) is 39.0. The number of nitrogens with one attached hydrogen (secondary N) is 10. The Morgan fingerprint density at radius 2 is 0.815 bits per heavy atom. The molecule has 19 rings (SSSR count). The first-order valence-corrected chi connectivity index (χ1v) is 52.3. The maximum Gasteiger partial charge on any atom is 0.196 e. The number of morpholine rings is 4. The molecular weight excluding hydrogens is 1710 g/mol. The summed E-state index contributed by atoms with van der Waals surface area (Å²) >= 11 is 0. The maximum atomic E-state index is 12.8. The van der Waals surface area contributed by atoms with E-state index in [0.717, 1.165) is 323 Å². The van der Waals surface area contributed by atoms with Crippen LogP contribution in [0, 0.1) is 54.4 Å². The first-order valence-electron chi connectivity index (χ1n) is 52.3. The molecule has 5 aliphatic heterocycles. The van der Waals surface area contributed by atoms with Gasteiger partial charge in [0.25, 0.3) is 0 Å². The van der Waals surface area contributed by atoms with E-state index in [9.17, 15) is 20.1 Å². The summed E-state index contributed by atoms with van der Waals surface area (Å²) in [4.78, 5) is 47.3. The Labute approximate surface area is 804 Å². The van der Waals surface area contributed by atoms with E-state index in [0.29, 0.717) is 84.3 Å². The van der Waals surface area contributed by atoms with Crippen LogP contribution in [0.2, 0.25) is 0 Å². The minimum absolute atomic E-state index is 0.116. The third kappa shape index (κ3) is 24.1. The monoisotopic (exact) mass is 1870 g/mol. The average Bonchev–Trinajstić information content (AvgIpc) is 1.63. The molecule has 0 bridgehead atoms. The number of rotatable bonds is 27. The zero-order chi connectivity index (χ0) is 95.4. The SMILES string of the molecule is CCc1[nH]c2c(c1C)C(=O)C(CN1CCOCC1)CC2.CCc1c(C)[nH]c2c1C(N1CCOCC1)=C(CN1CCOCC1)CC2.CCc1c(C)[nH]c2c1C(N1CCOCC1)=CCC2.CCc1c(C)[nH]c2c1C(O)(OCCNCCO)CCC2.CCc1c(C)[nH]c2c1C(O)(OCCNCCOC1(O)CCCc3[nH]c(C)c(CC)c31)CCC2.CCc1c(C)[nH]c2c1C1(CCC2)OCCNCCO1. The molecule has 28 nitrogen and oxygen atoms in total. The number of ether oxygens (including phenoxy) is 9.